The lowest BCUT2D eigenvalue weighted by atomic mass is 10.1. The van der Waals surface area contributed by atoms with Gasteiger partial charge in [0.15, 0.2) is 11.6 Å². The number of fused-ring (bicyclic) bond motifs is 1. The molecule has 10 heteroatoms. The van der Waals surface area contributed by atoms with Gasteiger partial charge in [-0.1, -0.05) is 11.6 Å². The van der Waals surface area contributed by atoms with Crippen molar-refractivity contribution >= 4 is 44.6 Å². The minimum Gasteiger partial charge on any atom is -0.383 e. The second-order valence-corrected chi connectivity index (χ2v) is 7.83. The van der Waals surface area contributed by atoms with Crippen molar-refractivity contribution in [3.05, 3.63) is 46.5 Å². The fourth-order valence-corrected chi connectivity index (χ4v) is 4.02. The summed E-state index contributed by atoms with van der Waals surface area (Å²) in [6.07, 6.45) is 0.551. The highest BCUT2D eigenvalue weighted by Gasteiger charge is 2.24. The Morgan fingerprint density at radius 1 is 1.19 bits per heavy atom. The van der Waals surface area contributed by atoms with E-state index < -0.39 is 27.3 Å². The second-order valence-electron chi connectivity index (χ2n) is 5.71. The first-order valence-electron chi connectivity index (χ1n) is 7.53. The number of rotatable bonds is 4. The van der Waals surface area contributed by atoms with Gasteiger partial charge in [-0.3, -0.25) is 9.52 Å². The molecule has 0 atom stereocenters. The molecule has 1 heterocycles. The van der Waals surface area contributed by atoms with Gasteiger partial charge in [-0.15, -0.1) is 0 Å². The Morgan fingerprint density at radius 3 is 2.46 bits per heavy atom. The molecular formula is C16H14ClF2N3O3S. The minimum atomic E-state index is -4.30. The molecule has 0 saturated carbocycles. The number of nitrogens with one attached hydrogen (secondary N) is 3. The fraction of sp³-hybridized carbons (Fsp3) is 0.188. The summed E-state index contributed by atoms with van der Waals surface area (Å²) < 4.78 is 55.0. The maximum absolute atomic E-state index is 13.9. The average Bonchev–Trinajstić information content (AvgIpc) is 2.99. The number of carbonyl (C=O) groups is 1. The molecule has 0 aliphatic carbocycles. The smallest absolute Gasteiger partial charge is 0.262 e. The standard InChI is InChI=1S/C16H14ClF2N3O3S/c1-8(23)21-14-7-11(4-9-2-3-20-15(9)14)26(24,25)22-16-12(18)5-10(17)6-13(16)19/h4-7,20,22H,2-3H2,1H3,(H,21,23). The normalized spacial score (nSPS) is 13.1. The van der Waals surface area contributed by atoms with E-state index in [1.54, 1.807) is 0 Å². The first-order valence-corrected chi connectivity index (χ1v) is 9.39. The quantitative estimate of drug-likeness (QED) is 0.733. The van der Waals surface area contributed by atoms with E-state index in [4.69, 9.17) is 11.6 Å². The predicted octanol–water partition coefficient (Wildman–Crippen LogP) is 3.35. The van der Waals surface area contributed by atoms with Crippen LogP contribution in [0.4, 0.5) is 25.8 Å². The van der Waals surface area contributed by atoms with Crippen LogP contribution >= 0.6 is 11.6 Å². The largest absolute Gasteiger partial charge is 0.383 e. The SMILES string of the molecule is CC(=O)Nc1cc(S(=O)(=O)Nc2c(F)cc(Cl)cc2F)cc2c1NCC2. The molecule has 3 rings (SSSR count). The van der Waals surface area contributed by atoms with Crippen LogP contribution in [0.15, 0.2) is 29.2 Å². The van der Waals surface area contributed by atoms with Crippen LogP contribution in [0, 0.1) is 11.6 Å². The molecule has 138 valence electrons. The van der Waals surface area contributed by atoms with E-state index in [9.17, 15) is 22.0 Å². The summed E-state index contributed by atoms with van der Waals surface area (Å²) in [5, 5.41) is 5.42. The fourth-order valence-electron chi connectivity index (χ4n) is 2.68. The van der Waals surface area contributed by atoms with Crippen LogP contribution in [0.1, 0.15) is 12.5 Å². The molecule has 1 aliphatic rings. The molecule has 1 amide bonds. The van der Waals surface area contributed by atoms with E-state index >= 15 is 0 Å². The third kappa shape index (κ3) is 3.58. The zero-order valence-corrected chi connectivity index (χ0v) is 15.1. The van der Waals surface area contributed by atoms with E-state index in [2.05, 4.69) is 10.6 Å². The van der Waals surface area contributed by atoms with E-state index in [1.165, 1.54) is 19.1 Å². The summed E-state index contributed by atoms with van der Waals surface area (Å²) in [6, 6.07) is 4.23. The highest BCUT2D eigenvalue weighted by molar-refractivity contribution is 7.92. The van der Waals surface area contributed by atoms with Crippen molar-refractivity contribution in [2.75, 3.05) is 21.9 Å². The third-order valence-electron chi connectivity index (χ3n) is 3.75. The molecule has 3 N–H and O–H groups in total. The van der Waals surface area contributed by atoms with E-state index in [1.807, 2.05) is 4.72 Å². The highest BCUT2D eigenvalue weighted by Crippen LogP contribution is 2.35. The van der Waals surface area contributed by atoms with Crippen molar-refractivity contribution < 1.29 is 22.0 Å². The molecule has 0 fully saturated rings. The van der Waals surface area contributed by atoms with Gasteiger partial charge in [0, 0.05) is 18.5 Å². The van der Waals surface area contributed by atoms with E-state index in [-0.39, 0.29) is 21.5 Å². The molecule has 1 aliphatic heterocycles. The third-order valence-corrected chi connectivity index (χ3v) is 5.30. The highest BCUT2D eigenvalue weighted by atomic mass is 35.5. The van der Waals surface area contributed by atoms with E-state index in [0.29, 0.717) is 24.2 Å². The van der Waals surface area contributed by atoms with Gasteiger partial charge in [0.1, 0.15) is 5.69 Å². The van der Waals surface area contributed by atoms with Gasteiger partial charge >= 0.3 is 0 Å². The number of sulfonamides is 1. The number of amides is 1. The van der Waals surface area contributed by atoms with E-state index in [0.717, 1.165) is 12.1 Å². The summed E-state index contributed by atoms with van der Waals surface area (Å²) >= 11 is 5.54. The van der Waals surface area contributed by atoms with Crippen LogP contribution < -0.4 is 15.4 Å². The Kier molecular flexibility index (Phi) is 4.76. The number of hydrogen-bond acceptors (Lipinski definition) is 4. The number of anilines is 3. The van der Waals surface area contributed by atoms with Gasteiger partial charge < -0.3 is 10.6 Å². The van der Waals surface area contributed by atoms with Crippen LogP contribution in [0.2, 0.25) is 5.02 Å². The van der Waals surface area contributed by atoms with Crippen molar-refractivity contribution in [1.82, 2.24) is 0 Å². The van der Waals surface area contributed by atoms with Gasteiger partial charge in [-0.05, 0) is 36.2 Å². The summed E-state index contributed by atoms with van der Waals surface area (Å²) in [7, 11) is -4.30. The first kappa shape index (κ1) is 18.4. The monoisotopic (exact) mass is 401 g/mol. The Labute approximate surface area is 153 Å². The molecule has 0 unspecified atom stereocenters. The second kappa shape index (κ2) is 6.73. The molecule has 0 saturated heterocycles. The molecule has 0 bridgehead atoms. The van der Waals surface area contributed by atoms with Crippen molar-refractivity contribution in [3.63, 3.8) is 0 Å². The van der Waals surface area contributed by atoms with Crippen molar-refractivity contribution in [3.8, 4) is 0 Å². The number of halogens is 3. The molecule has 0 aromatic heterocycles. The van der Waals surface area contributed by atoms with Crippen molar-refractivity contribution in [2.24, 2.45) is 0 Å². The molecule has 2 aromatic carbocycles. The van der Waals surface area contributed by atoms with Crippen LogP contribution in [-0.2, 0) is 21.2 Å². The lowest BCUT2D eigenvalue weighted by Crippen LogP contribution is -2.16. The summed E-state index contributed by atoms with van der Waals surface area (Å²) in [6.45, 7) is 1.87. The molecule has 2 aromatic rings. The Morgan fingerprint density at radius 2 is 1.85 bits per heavy atom. The van der Waals surface area contributed by atoms with Crippen LogP contribution in [-0.4, -0.2) is 20.9 Å². The van der Waals surface area contributed by atoms with Gasteiger partial charge in [-0.2, -0.15) is 0 Å². The number of hydrogen-bond donors (Lipinski definition) is 3. The summed E-state index contributed by atoms with van der Waals surface area (Å²) in [5.74, 6) is -2.65. The zero-order valence-electron chi connectivity index (χ0n) is 13.5. The number of carbonyl (C=O) groups excluding carboxylic acids is 1. The summed E-state index contributed by atoms with van der Waals surface area (Å²) in [5.41, 5.74) is 0.760. The topological polar surface area (TPSA) is 87.3 Å². The van der Waals surface area contributed by atoms with Gasteiger partial charge in [-0.25, -0.2) is 17.2 Å². The molecule has 26 heavy (non-hydrogen) atoms. The Hall–Kier alpha value is -2.39. The van der Waals surface area contributed by atoms with Gasteiger partial charge in [0.05, 0.1) is 16.3 Å². The maximum atomic E-state index is 13.9. The summed E-state index contributed by atoms with van der Waals surface area (Å²) in [4.78, 5) is 11.1. The van der Waals surface area contributed by atoms with Gasteiger partial charge in [0.25, 0.3) is 10.0 Å². The predicted molar refractivity (Wildman–Crippen MR) is 95.1 cm³/mol. The van der Waals surface area contributed by atoms with Gasteiger partial charge in [0.2, 0.25) is 5.91 Å². The van der Waals surface area contributed by atoms with Crippen LogP contribution in [0.5, 0.6) is 0 Å². The lowest BCUT2D eigenvalue weighted by molar-refractivity contribution is -0.114. The first-order chi connectivity index (χ1) is 12.2. The molecule has 0 spiro atoms. The number of benzene rings is 2. The van der Waals surface area contributed by atoms with Crippen molar-refractivity contribution in [1.29, 1.82) is 0 Å². The van der Waals surface area contributed by atoms with Crippen LogP contribution in [0.3, 0.4) is 0 Å². The van der Waals surface area contributed by atoms with Crippen LogP contribution in [0.25, 0.3) is 0 Å². The Bertz CT molecular complexity index is 989. The zero-order chi connectivity index (χ0) is 19.1. The molecular weight excluding hydrogens is 388 g/mol. The molecule has 0 radical (unpaired) electrons. The minimum absolute atomic E-state index is 0.195. The van der Waals surface area contributed by atoms with Crippen molar-refractivity contribution in [2.45, 2.75) is 18.2 Å². The Balaban J connectivity index is 2.04. The lowest BCUT2D eigenvalue weighted by Gasteiger charge is -2.14. The maximum Gasteiger partial charge on any atom is 0.262 e. The average molecular weight is 402 g/mol. The molecule has 6 nitrogen and oxygen atoms in total.